The Hall–Kier alpha value is -1.06. The van der Waals surface area contributed by atoms with Gasteiger partial charge in [0.2, 0.25) is 0 Å². The van der Waals surface area contributed by atoms with E-state index in [1.165, 1.54) is 19.3 Å². The molecule has 1 heterocycles. The minimum absolute atomic E-state index is 0.188. The fourth-order valence-electron chi connectivity index (χ4n) is 1.32. The van der Waals surface area contributed by atoms with Gasteiger partial charge < -0.3 is 5.11 Å². The molecule has 17 heavy (non-hydrogen) atoms. The predicted molar refractivity (Wildman–Crippen MR) is 55.1 cm³/mol. The third kappa shape index (κ3) is 3.20. The number of aryl methyl sites for hydroxylation is 1. The van der Waals surface area contributed by atoms with Crippen LogP contribution in [0.25, 0.3) is 0 Å². The minimum Gasteiger partial charge on any atom is -0.395 e. The van der Waals surface area contributed by atoms with E-state index < -0.39 is 29.6 Å². The lowest BCUT2D eigenvalue weighted by atomic mass is 10.6. The maximum Gasteiger partial charge on any atom is 0.260 e. The monoisotopic (exact) mass is 269 g/mol. The van der Waals surface area contributed by atoms with E-state index in [1.54, 1.807) is 0 Å². The summed E-state index contributed by atoms with van der Waals surface area (Å²) in [6.07, 6.45) is -1.55. The van der Waals surface area contributed by atoms with Gasteiger partial charge in [-0.15, -0.1) is 0 Å². The maximum absolute atomic E-state index is 12.3. The molecule has 0 saturated heterocycles. The zero-order valence-corrected chi connectivity index (χ0v) is 9.94. The van der Waals surface area contributed by atoms with Crippen molar-refractivity contribution < 1.29 is 22.3 Å². The number of aromatic nitrogens is 2. The van der Waals surface area contributed by atoms with Crippen LogP contribution in [0.1, 0.15) is 0 Å². The summed E-state index contributed by atoms with van der Waals surface area (Å²) in [6, 6.07) is 1.21. The van der Waals surface area contributed by atoms with E-state index in [0.29, 0.717) is 4.31 Å². The Balaban J connectivity index is 3.04. The Bertz CT molecular complexity index is 460. The summed E-state index contributed by atoms with van der Waals surface area (Å²) in [6.45, 7) is -1.85. The number of hydrogen-bond donors (Lipinski definition) is 1. The van der Waals surface area contributed by atoms with Gasteiger partial charge in [-0.05, 0) is 6.07 Å². The lowest BCUT2D eigenvalue weighted by Gasteiger charge is -2.20. The molecule has 0 unspecified atom stereocenters. The first-order valence-electron chi connectivity index (χ1n) is 4.76. The summed E-state index contributed by atoms with van der Waals surface area (Å²) >= 11 is 0. The summed E-state index contributed by atoms with van der Waals surface area (Å²) < 4.78 is 50.1. The molecule has 1 aromatic rings. The van der Waals surface area contributed by atoms with E-state index >= 15 is 0 Å². The lowest BCUT2D eigenvalue weighted by molar-refractivity contribution is 0.112. The van der Waals surface area contributed by atoms with Crippen LogP contribution < -0.4 is 0 Å². The average molecular weight is 269 g/mol. The van der Waals surface area contributed by atoms with Crippen molar-refractivity contribution in [3.63, 3.8) is 0 Å². The molecular weight excluding hydrogens is 256 g/mol. The summed E-state index contributed by atoms with van der Waals surface area (Å²) in [4.78, 5) is 0. The largest absolute Gasteiger partial charge is 0.395 e. The van der Waals surface area contributed by atoms with Crippen molar-refractivity contribution in [3.05, 3.63) is 12.3 Å². The zero-order chi connectivity index (χ0) is 13.1. The van der Waals surface area contributed by atoms with Crippen LogP contribution in [0.4, 0.5) is 8.78 Å². The number of sulfonamides is 1. The summed E-state index contributed by atoms with van der Waals surface area (Å²) in [7, 11) is -2.66. The van der Waals surface area contributed by atoms with E-state index in [9.17, 15) is 17.2 Å². The van der Waals surface area contributed by atoms with Gasteiger partial charge in [0.05, 0.1) is 19.3 Å². The van der Waals surface area contributed by atoms with Crippen LogP contribution in [0.2, 0.25) is 0 Å². The molecule has 9 heteroatoms. The molecule has 1 N–H and O–H groups in total. The Kier molecular flexibility index (Phi) is 4.54. The normalized spacial score (nSPS) is 12.6. The molecule has 0 bridgehead atoms. The van der Waals surface area contributed by atoms with Gasteiger partial charge in [0.15, 0.2) is 5.03 Å². The number of hydrogen-bond acceptors (Lipinski definition) is 4. The first-order chi connectivity index (χ1) is 7.89. The molecule has 0 radical (unpaired) electrons. The molecule has 1 aromatic heterocycles. The predicted octanol–water partition coefficient (Wildman–Crippen LogP) is -0.332. The van der Waals surface area contributed by atoms with Crippen LogP contribution >= 0.6 is 0 Å². The van der Waals surface area contributed by atoms with Crippen molar-refractivity contribution in [2.75, 3.05) is 19.7 Å². The highest BCUT2D eigenvalue weighted by atomic mass is 32.2. The first-order valence-corrected chi connectivity index (χ1v) is 6.20. The SMILES string of the molecule is Cn1nccc1S(=O)(=O)N(CCO)CC(F)F. The molecule has 0 spiro atoms. The van der Waals surface area contributed by atoms with Crippen LogP contribution in [0.3, 0.4) is 0 Å². The van der Waals surface area contributed by atoms with Gasteiger partial charge in [-0.3, -0.25) is 4.68 Å². The summed E-state index contributed by atoms with van der Waals surface area (Å²) in [5, 5.41) is 12.2. The van der Waals surface area contributed by atoms with Crippen molar-refractivity contribution in [2.24, 2.45) is 7.05 Å². The van der Waals surface area contributed by atoms with Crippen molar-refractivity contribution in [3.8, 4) is 0 Å². The second kappa shape index (κ2) is 5.52. The standard InChI is InChI=1S/C8H13F2N3O3S/c1-12-8(2-3-11-12)17(15,16)13(4-5-14)6-7(9)10/h2-3,7,14H,4-6H2,1H3. The molecule has 0 amide bonds. The van der Waals surface area contributed by atoms with E-state index in [-0.39, 0.29) is 11.6 Å². The molecule has 1 rings (SSSR count). The van der Waals surface area contributed by atoms with Gasteiger partial charge in [0.1, 0.15) is 0 Å². The van der Waals surface area contributed by atoms with Crippen molar-refractivity contribution >= 4 is 10.0 Å². The van der Waals surface area contributed by atoms with E-state index in [4.69, 9.17) is 5.11 Å². The zero-order valence-electron chi connectivity index (χ0n) is 9.12. The fraction of sp³-hybridized carbons (Fsp3) is 0.625. The first kappa shape index (κ1) is 14.0. The molecule has 0 fully saturated rings. The second-order valence-corrected chi connectivity index (χ2v) is 5.16. The topological polar surface area (TPSA) is 75.4 Å². The molecule has 0 atom stereocenters. The molecule has 0 aliphatic carbocycles. The molecular formula is C8H13F2N3O3S. The van der Waals surface area contributed by atoms with Crippen LogP contribution in [0, 0.1) is 0 Å². The lowest BCUT2D eigenvalue weighted by Crippen LogP contribution is -2.38. The van der Waals surface area contributed by atoms with E-state index in [0.717, 1.165) is 4.68 Å². The third-order valence-corrected chi connectivity index (χ3v) is 4.01. The Morgan fingerprint density at radius 2 is 2.24 bits per heavy atom. The van der Waals surface area contributed by atoms with Crippen LogP contribution in [-0.4, -0.2) is 53.7 Å². The van der Waals surface area contributed by atoms with E-state index in [2.05, 4.69) is 5.10 Å². The average Bonchev–Trinajstić information content (AvgIpc) is 2.63. The molecule has 98 valence electrons. The number of alkyl halides is 2. The maximum atomic E-state index is 12.3. The third-order valence-electron chi connectivity index (χ3n) is 2.07. The van der Waals surface area contributed by atoms with Gasteiger partial charge in [-0.25, -0.2) is 17.2 Å². The summed E-state index contributed by atoms with van der Waals surface area (Å²) in [5.41, 5.74) is 0. The number of aliphatic hydroxyl groups is 1. The Morgan fingerprint density at radius 3 is 2.65 bits per heavy atom. The minimum atomic E-state index is -4.05. The quantitative estimate of drug-likeness (QED) is 0.767. The highest BCUT2D eigenvalue weighted by Crippen LogP contribution is 2.15. The van der Waals surface area contributed by atoms with Crippen molar-refractivity contribution in [2.45, 2.75) is 11.5 Å². The second-order valence-electron chi connectivity index (χ2n) is 3.27. The smallest absolute Gasteiger partial charge is 0.260 e. The van der Waals surface area contributed by atoms with E-state index in [1.807, 2.05) is 0 Å². The van der Waals surface area contributed by atoms with Crippen LogP contribution in [-0.2, 0) is 17.1 Å². The highest BCUT2D eigenvalue weighted by molar-refractivity contribution is 7.89. The molecule has 0 aliphatic rings. The number of rotatable bonds is 6. The van der Waals surface area contributed by atoms with Crippen molar-refractivity contribution in [1.82, 2.24) is 14.1 Å². The number of aliphatic hydroxyl groups excluding tert-OH is 1. The molecule has 0 aliphatic heterocycles. The fourth-order valence-corrected chi connectivity index (χ4v) is 2.83. The highest BCUT2D eigenvalue weighted by Gasteiger charge is 2.28. The van der Waals surface area contributed by atoms with Gasteiger partial charge in [0.25, 0.3) is 16.4 Å². The van der Waals surface area contributed by atoms with Gasteiger partial charge in [-0.2, -0.15) is 9.40 Å². The Labute approximate surface area is 97.5 Å². The molecule has 0 saturated carbocycles. The molecule has 6 nitrogen and oxygen atoms in total. The summed E-state index contributed by atoms with van der Waals surface area (Å²) in [5.74, 6) is 0. The van der Waals surface area contributed by atoms with Gasteiger partial charge >= 0.3 is 0 Å². The molecule has 0 aromatic carbocycles. The van der Waals surface area contributed by atoms with Gasteiger partial charge in [0, 0.05) is 13.6 Å². The Morgan fingerprint density at radius 1 is 1.59 bits per heavy atom. The van der Waals surface area contributed by atoms with Crippen molar-refractivity contribution in [1.29, 1.82) is 0 Å². The van der Waals surface area contributed by atoms with Crippen LogP contribution in [0.15, 0.2) is 17.3 Å². The van der Waals surface area contributed by atoms with Crippen LogP contribution in [0.5, 0.6) is 0 Å². The van der Waals surface area contributed by atoms with Gasteiger partial charge in [-0.1, -0.05) is 0 Å². The number of nitrogens with zero attached hydrogens (tertiary/aromatic N) is 3. The number of halogens is 2.